The second kappa shape index (κ2) is 6.74. The summed E-state index contributed by atoms with van der Waals surface area (Å²) in [6, 6.07) is 18.8. The maximum Gasteiger partial charge on any atom is 0.298 e. The molecule has 0 unspecified atom stereocenters. The maximum absolute atomic E-state index is 12.5. The first-order chi connectivity index (χ1) is 15.4. The molecule has 4 aromatic heterocycles. The number of benzene rings is 1. The molecule has 0 atom stereocenters. The standard InChI is InChI=1S/C24H18N4O3S/c29-32(30,31)24-21-10-9-17(27-21)12-16-6-5-14(25-16)11-15-7-8-18(26-15)13-22-19-3-1-2-4-20(19)23(24)28-22/h1-13,25-28H,(H,29,30,31). The molecule has 5 heterocycles. The molecule has 5 N–H and O–H groups in total. The van der Waals surface area contributed by atoms with Gasteiger partial charge in [-0.05, 0) is 54.6 Å². The molecule has 158 valence electrons. The molecule has 1 aliphatic heterocycles. The number of hydrogen-bond acceptors (Lipinski definition) is 2. The van der Waals surface area contributed by atoms with Gasteiger partial charge in [-0.25, -0.2) is 0 Å². The quantitative estimate of drug-likeness (QED) is 0.249. The minimum absolute atomic E-state index is 0.201. The lowest BCUT2D eigenvalue weighted by Gasteiger charge is -2.01. The van der Waals surface area contributed by atoms with Crippen molar-refractivity contribution in [1.29, 1.82) is 0 Å². The predicted molar refractivity (Wildman–Crippen MR) is 124 cm³/mol. The third-order valence-electron chi connectivity index (χ3n) is 5.57. The van der Waals surface area contributed by atoms with Crippen LogP contribution in [0.4, 0.5) is 0 Å². The molecule has 0 aliphatic carbocycles. The second-order valence-corrected chi connectivity index (χ2v) is 9.12. The first-order valence-corrected chi connectivity index (χ1v) is 11.5. The molecule has 32 heavy (non-hydrogen) atoms. The van der Waals surface area contributed by atoms with Gasteiger partial charge in [0.05, 0.1) is 11.0 Å². The zero-order valence-electron chi connectivity index (χ0n) is 16.7. The number of H-pyrrole nitrogens is 4. The van der Waals surface area contributed by atoms with E-state index in [0.29, 0.717) is 22.1 Å². The lowest BCUT2D eigenvalue weighted by Crippen LogP contribution is -2.19. The van der Waals surface area contributed by atoms with Crippen molar-refractivity contribution in [1.82, 2.24) is 19.9 Å². The third kappa shape index (κ3) is 3.13. The summed E-state index contributed by atoms with van der Waals surface area (Å²) in [5, 5.41) is 4.40. The molecular formula is C24H18N4O3S. The van der Waals surface area contributed by atoms with Crippen LogP contribution in [0.2, 0.25) is 0 Å². The molecule has 8 bridgehead atoms. The lowest BCUT2D eigenvalue weighted by molar-refractivity contribution is 0.496. The van der Waals surface area contributed by atoms with Gasteiger partial charge in [-0.15, -0.1) is 0 Å². The average molecular weight is 443 g/mol. The molecule has 5 aromatic rings. The fourth-order valence-corrected chi connectivity index (χ4v) is 5.03. The Hall–Kier alpha value is -4.01. The molecule has 1 aromatic carbocycles. The van der Waals surface area contributed by atoms with Crippen molar-refractivity contribution >= 4 is 44.0 Å². The summed E-state index contributed by atoms with van der Waals surface area (Å²) in [4.78, 5) is 12.8. The summed E-state index contributed by atoms with van der Waals surface area (Å²) in [6.45, 7) is 0. The number of aromatic nitrogens is 4. The minimum atomic E-state index is -4.55. The molecule has 0 spiro atoms. The lowest BCUT2D eigenvalue weighted by atomic mass is 10.2. The molecule has 8 heteroatoms. The van der Waals surface area contributed by atoms with Crippen LogP contribution in [0.5, 0.6) is 0 Å². The van der Waals surface area contributed by atoms with Crippen LogP contribution in [-0.4, -0.2) is 32.9 Å². The van der Waals surface area contributed by atoms with E-state index >= 15 is 0 Å². The Morgan fingerprint density at radius 3 is 1.97 bits per heavy atom. The highest BCUT2D eigenvalue weighted by Crippen LogP contribution is 2.19. The largest absolute Gasteiger partial charge is 0.355 e. The first-order valence-electron chi connectivity index (χ1n) is 10.0. The molecule has 0 saturated carbocycles. The molecule has 6 rings (SSSR count). The van der Waals surface area contributed by atoms with Crippen LogP contribution >= 0.6 is 0 Å². The van der Waals surface area contributed by atoms with Crippen molar-refractivity contribution in [3.8, 4) is 0 Å². The fourth-order valence-electron chi connectivity index (χ4n) is 4.22. The van der Waals surface area contributed by atoms with E-state index in [4.69, 9.17) is 0 Å². The van der Waals surface area contributed by atoms with Crippen LogP contribution < -0.4 is 21.4 Å². The summed E-state index contributed by atoms with van der Waals surface area (Å²) in [5.74, 6) is 0. The van der Waals surface area contributed by atoms with E-state index in [9.17, 15) is 13.0 Å². The van der Waals surface area contributed by atoms with Gasteiger partial charge in [0.2, 0.25) is 0 Å². The van der Waals surface area contributed by atoms with Gasteiger partial charge >= 0.3 is 0 Å². The summed E-state index contributed by atoms with van der Waals surface area (Å²) < 4.78 is 35.2. The zero-order chi connectivity index (χ0) is 21.9. The SMILES string of the molecule is O=S(=O)(O)C1=c2[nH]c(c3ccccc23)=Cc2ccc([nH]2)C=c2ccc([nH]2)=Cc2ccc1[nH]2. The number of hydrogen-bond donors (Lipinski definition) is 5. The smallest absolute Gasteiger partial charge is 0.298 e. The highest BCUT2D eigenvalue weighted by Gasteiger charge is 2.21. The van der Waals surface area contributed by atoms with Crippen molar-refractivity contribution in [2.45, 2.75) is 0 Å². The highest BCUT2D eigenvalue weighted by atomic mass is 32.2. The normalized spacial score (nSPS) is 13.5. The number of aromatic amines is 4. The van der Waals surface area contributed by atoms with E-state index in [2.05, 4.69) is 19.9 Å². The summed E-state index contributed by atoms with van der Waals surface area (Å²) in [7, 11) is -4.55. The van der Waals surface area contributed by atoms with Gasteiger partial charge in [0.1, 0.15) is 4.91 Å². The Morgan fingerprint density at radius 2 is 1.25 bits per heavy atom. The topological polar surface area (TPSA) is 118 Å². The van der Waals surface area contributed by atoms with Gasteiger partial charge in [0.25, 0.3) is 10.1 Å². The molecular weight excluding hydrogens is 424 g/mol. The Kier molecular flexibility index (Phi) is 3.95. The molecule has 0 saturated heterocycles. The predicted octanol–water partition coefficient (Wildman–Crippen LogP) is 0.996. The third-order valence-corrected chi connectivity index (χ3v) is 6.51. The second-order valence-electron chi connectivity index (χ2n) is 7.76. The number of rotatable bonds is 1. The van der Waals surface area contributed by atoms with Crippen LogP contribution in [0.25, 0.3) is 33.9 Å². The Bertz CT molecular complexity index is 1860. The van der Waals surface area contributed by atoms with E-state index in [1.807, 2.05) is 66.8 Å². The van der Waals surface area contributed by atoms with Crippen LogP contribution in [0, 0.1) is 0 Å². The highest BCUT2D eigenvalue weighted by molar-refractivity contribution is 7.95. The van der Waals surface area contributed by atoms with Gasteiger partial charge < -0.3 is 19.9 Å². The average Bonchev–Trinajstić information content (AvgIpc) is 3.52. The summed E-state index contributed by atoms with van der Waals surface area (Å²) in [5.41, 5.74) is 2.78. The molecule has 1 aliphatic rings. The van der Waals surface area contributed by atoms with E-state index in [-0.39, 0.29) is 4.91 Å². The van der Waals surface area contributed by atoms with Crippen molar-refractivity contribution in [3.63, 3.8) is 0 Å². The van der Waals surface area contributed by atoms with Gasteiger partial charge in [-0.1, -0.05) is 24.3 Å². The molecule has 0 radical (unpaired) electrons. The van der Waals surface area contributed by atoms with E-state index in [1.165, 1.54) is 0 Å². The van der Waals surface area contributed by atoms with Gasteiger partial charge in [0.15, 0.2) is 0 Å². The monoisotopic (exact) mass is 442 g/mol. The van der Waals surface area contributed by atoms with Crippen LogP contribution in [0.3, 0.4) is 0 Å². The van der Waals surface area contributed by atoms with E-state index in [1.54, 1.807) is 12.1 Å². The van der Waals surface area contributed by atoms with Gasteiger partial charge in [-0.3, -0.25) is 4.55 Å². The first kappa shape index (κ1) is 18.7. The maximum atomic E-state index is 12.5. The van der Waals surface area contributed by atoms with Crippen molar-refractivity contribution in [2.75, 3.05) is 0 Å². The van der Waals surface area contributed by atoms with Crippen LogP contribution in [0.1, 0.15) is 22.8 Å². The van der Waals surface area contributed by atoms with E-state index < -0.39 is 10.1 Å². The number of nitrogens with one attached hydrogen (secondary N) is 4. The van der Waals surface area contributed by atoms with Crippen molar-refractivity contribution < 1.29 is 13.0 Å². The van der Waals surface area contributed by atoms with Crippen LogP contribution in [0.15, 0.2) is 60.7 Å². The Balaban J connectivity index is 1.81. The Labute approximate surface area is 181 Å². The van der Waals surface area contributed by atoms with Crippen molar-refractivity contribution in [2.24, 2.45) is 0 Å². The fraction of sp³-hybridized carbons (Fsp3) is 0. The molecule has 0 amide bonds. The van der Waals surface area contributed by atoms with Crippen LogP contribution in [-0.2, 0) is 10.1 Å². The summed E-state index contributed by atoms with van der Waals surface area (Å²) in [6.07, 6.45) is 5.81. The molecule has 7 nitrogen and oxygen atoms in total. The summed E-state index contributed by atoms with van der Waals surface area (Å²) >= 11 is 0. The van der Waals surface area contributed by atoms with E-state index in [0.717, 1.165) is 32.8 Å². The van der Waals surface area contributed by atoms with Gasteiger partial charge in [-0.2, -0.15) is 8.42 Å². The minimum Gasteiger partial charge on any atom is -0.355 e. The molecule has 0 fully saturated rings. The van der Waals surface area contributed by atoms with Crippen molar-refractivity contribution in [3.05, 3.63) is 105 Å². The number of fused-ring (bicyclic) bond motifs is 11. The zero-order valence-corrected chi connectivity index (χ0v) is 17.5. The van der Waals surface area contributed by atoms with Gasteiger partial charge in [0, 0.05) is 43.9 Å². The Morgan fingerprint density at radius 1 is 0.625 bits per heavy atom.